The van der Waals surface area contributed by atoms with Gasteiger partial charge in [0.05, 0.1) is 13.2 Å². The summed E-state index contributed by atoms with van der Waals surface area (Å²) >= 11 is 5.93. The second-order valence-electron chi connectivity index (χ2n) is 5.23. The largest absolute Gasteiger partial charge is 0.350 e. The van der Waals surface area contributed by atoms with Crippen molar-refractivity contribution in [1.82, 2.24) is 9.88 Å². The fourth-order valence-electron chi connectivity index (χ4n) is 2.90. The summed E-state index contributed by atoms with van der Waals surface area (Å²) in [4.78, 5) is 6.47. The maximum Gasteiger partial charge on any atom is 0.161 e. The van der Waals surface area contributed by atoms with Crippen molar-refractivity contribution in [1.29, 1.82) is 0 Å². The van der Waals surface area contributed by atoms with Crippen molar-refractivity contribution in [3.63, 3.8) is 0 Å². The van der Waals surface area contributed by atoms with E-state index in [2.05, 4.69) is 9.88 Å². The van der Waals surface area contributed by atoms with Crippen LogP contribution in [-0.2, 0) is 16.0 Å². The smallest absolute Gasteiger partial charge is 0.161 e. The van der Waals surface area contributed by atoms with Crippen LogP contribution in [-0.4, -0.2) is 42.5 Å². The summed E-state index contributed by atoms with van der Waals surface area (Å²) in [5, 5.41) is 0.563. The van der Waals surface area contributed by atoms with E-state index in [1.807, 2.05) is 12.1 Å². The Labute approximate surface area is 118 Å². The number of hydrogen-bond acceptors (Lipinski definition) is 4. The highest BCUT2D eigenvalue weighted by Crippen LogP contribution is 2.25. The zero-order chi connectivity index (χ0) is 13.1. The summed E-state index contributed by atoms with van der Waals surface area (Å²) in [6.45, 7) is 4.56. The number of aromatic nitrogens is 1. The minimum atomic E-state index is 0.00354. The number of halogens is 1. The molecule has 3 heterocycles. The molecule has 0 radical (unpaired) electrons. The van der Waals surface area contributed by atoms with E-state index >= 15 is 0 Å². The Bertz CT molecular complexity index is 424. The SMILES string of the molecule is Clc1cc(CN2CCCC(C3OCCO3)C2)ccn1. The highest BCUT2D eigenvalue weighted by molar-refractivity contribution is 6.29. The molecule has 2 aliphatic heterocycles. The minimum absolute atomic E-state index is 0.00354. The van der Waals surface area contributed by atoms with Crippen molar-refractivity contribution < 1.29 is 9.47 Å². The predicted octanol–water partition coefficient (Wildman–Crippen LogP) is 2.32. The van der Waals surface area contributed by atoms with E-state index < -0.39 is 0 Å². The van der Waals surface area contributed by atoms with Crippen LogP contribution < -0.4 is 0 Å². The van der Waals surface area contributed by atoms with Gasteiger partial charge in [-0.3, -0.25) is 4.90 Å². The molecule has 104 valence electrons. The number of pyridine rings is 1. The first-order valence-corrected chi connectivity index (χ1v) is 7.25. The van der Waals surface area contributed by atoms with Crippen molar-refractivity contribution in [3.05, 3.63) is 29.0 Å². The van der Waals surface area contributed by atoms with Gasteiger partial charge in [0.15, 0.2) is 6.29 Å². The molecular weight excluding hydrogens is 264 g/mol. The Morgan fingerprint density at radius 1 is 1.37 bits per heavy atom. The van der Waals surface area contributed by atoms with Crippen LogP contribution in [0, 0.1) is 5.92 Å². The van der Waals surface area contributed by atoms with E-state index in [0.29, 0.717) is 11.1 Å². The number of rotatable bonds is 3. The Morgan fingerprint density at radius 3 is 3.00 bits per heavy atom. The maximum atomic E-state index is 5.93. The van der Waals surface area contributed by atoms with Gasteiger partial charge < -0.3 is 9.47 Å². The van der Waals surface area contributed by atoms with E-state index in [9.17, 15) is 0 Å². The van der Waals surface area contributed by atoms with Gasteiger partial charge in [0, 0.05) is 25.2 Å². The lowest BCUT2D eigenvalue weighted by Gasteiger charge is -2.34. The third-order valence-corrected chi connectivity index (χ3v) is 3.98. The van der Waals surface area contributed by atoms with Gasteiger partial charge in [0.1, 0.15) is 5.15 Å². The lowest BCUT2D eigenvalue weighted by molar-refractivity contribution is -0.101. The van der Waals surface area contributed by atoms with Crippen molar-refractivity contribution in [2.75, 3.05) is 26.3 Å². The van der Waals surface area contributed by atoms with Gasteiger partial charge in [-0.15, -0.1) is 0 Å². The van der Waals surface area contributed by atoms with Crippen molar-refractivity contribution in [2.45, 2.75) is 25.7 Å². The van der Waals surface area contributed by atoms with Gasteiger partial charge in [-0.1, -0.05) is 11.6 Å². The molecule has 4 nitrogen and oxygen atoms in total. The lowest BCUT2D eigenvalue weighted by atomic mass is 9.97. The molecule has 0 aliphatic carbocycles. The molecule has 1 aromatic rings. The van der Waals surface area contributed by atoms with Crippen LogP contribution in [0.25, 0.3) is 0 Å². The van der Waals surface area contributed by atoms with Crippen LogP contribution in [0.15, 0.2) is 18.3 Å². The fraction of sp³-hybridized carbons (Fsp3) is 0.643. The number of piperidine rings is 1. The molecule has 3 rings (SSSR count). The molecule has 0 amide bonds. The van der Waals surface area contributed by atoms with Gasteiger partial charge in [-0.25, -0.2) is 4.98 Å². The standard InChI is InChI=1S/C14H19ClN2O2/c15-13-8-11(3-4-16-13)9-17-5-1-2-12(10-17)14-18-6-7-19-14/h3-4,8,12,14H,1-2,5-7,9-10H2. The number of ether oxygens (including phenoxy) is 2. The molecule has 0 bridgehead atoms. The van der Waals surface area contributed by atoms with Crippen LogP contribution in [0.4, 0.5) is 0 Å². The summed E-state index contributed by atoms with van der Waals surface area (Å²) in [6, 6.07) is 3.96. The molecule has 0 aromatic carbocycles. The Morgan fingerprint density at radius 2 is 2.21 bits per heavy atom. The average molecular weight is 283 g/mol. The summed E-state index contributed by atoms with van der Waals surface area (Å²) in [5.41, 5.74) is 1.22. The molecule has 1 aromatic heterocycles. The topological polar surface area (TPSA) is 34.6 Å². The number of likely N-dealkylation sites (tertiary alicyclic amines) is 1. The van der Waals surface area contributed by atoms with Crippen LogP contribution in [0.1, 0.15) is 18.4 Å². The van der Waals surface area contributed by atoms with E-state index in [1.54, 1.807) is 6.20 Å². The zero-order valence-corrected chi connectivity index (χ0v) is 11.7. The number of hydrogen-bond donors (Lipinski definition) is 0. The van der Waals surface area contributed by atoms with Crippen LogP contribution >= 0.6 is 11.6 Å². The van der Waals surface area contributed by atoms with Crippen LogP contribution in [0.2, 0.25) is 5.15 Å². The second-order valence-corrected chi connectivity index (χ2v) is 5.62. The first-order valence-electron chi connectivity index (χ1n) is 6.87. The summed E-state index contributed by atoms with van der Waals surface area (Å²) in [7, 11) is 0. The first-order chi connectivity index (χ1) is 9.31. The van der Waals surface area contributed by atoms with Gasteiger partial charge in [0.25, 0.3) is 0 Å². The first kappa shape index (κ1) is 13.3. The molecule has 0 spiro atoms. The average Bonchev–Trinajstić information content (AvgIpc) is 2.93. The summed E-state index contributed by atoms with van der Waals surface area (Å²) in [6.07, 6.45) is 4.16. The van der Waals surface area contributed by atoms with E-state index in [-0.39, 0.29) is 6.29 Å². The zero-order valence-electron chi connectivity index (χ0n) is 10.9. The van der Waals surface area contributed by atoms with Gasteiger partial charge in [0.2, 0.25) is 0 Å². The van der Waals surface area contributed by atoms with Gasteiger partial charge >= 0.3 is 0 Å². The molecule has 19 heavy (non-hydrogen) atoms. The third-order valence-electron chi connectivity index (χ3n) is 3.77. The minimum Gasteiger partial charge on any atom is -0.350 e. The number of nitrogens with zero attached hydrogens (tertiary/aromatic N) is 2. The third kappa shape index (κ3) is 3.45. The molecule has 5 heteroatoms. The molecule has 2 fully saturated rings. The van der Waals surface area contributed by atoms with Crippen molar-refractivity contribution >= 4 is 11.6 Å². The highest BCUT2D eigenvalue weighted by Gasteiger charge is 2.30. The fourth-order valence-corrected chi connectivity index (χ4v) is 3.10. The second kappa shape index (κ2) is 6.18. The van der Waals surface area contributed by atoms with Gasteiger partial charge in [-0.2, -0.15) is 0 Å². The molecular formula is C14H19ClN2O2. The Hall–Kier alpha value is -0.680. The monoisotopic (exact) mass is 282 g/mol. The molecule has 1 atom stereocenters. The van der Waals surface area contributed by atoms with Crippen LogP contribution in [0.3, 0.4) is 0 Å². The van der Waals surface area contributed by atoms with E-state index in [4.69, 9.17) is 21.1 Å². The van der Waals surface area contributed by atoms with Crippen molar-refractivity contribution in [2.24, 2.45) is 5.92 Å². The molecule has 0 saturated carbocycles. The summed E-state index contributed by atoms with van der Waals surface area (Å²) in [5.74, 6) is 0.494. The maximum absolute atomic E-state index is 5.93. The quantitative estimate of drug-likeness (QED) is 0.797. The van der Waals surface area contributed by atoms with E-state index in [0.717, 1.165) is 32.8 Å². The molecule has 1 unspecified atom stereocenters. The molecule has 2 aliphatic rings. The predicted molar refractivity (Wildman–Crippen MR) is 72.9 cm³/mol. The van der Waals surface area contributed by atoms with Crippen molar-refractivity contribution in [3.8, 4) is 0 Å². The van der Waals surface area contributed by atoms with Gasteiger partial charge in [-0.05, 0) is 37.1 Å². The normalized spacial score (nSPS) is 25.8. The summed E-state index contributed by atoms with van der Waals surface area (Å²) < 4.78 is 11.3. The molecule has 0 N–H and O–H groups in total. The Kier molecular flexibility index (Phi) is 4.33. The van der Waals surface area contributed by atoms with E-state index in [1.165, 1.54) is 18.4 Å². The lowest BCUT2D eigenvalue weighted by Crippen LogP contribution is -2.40. The Balaban J connectivity index is 1.58. The van der Waals surface area contributed by atoms with Crippen LogP contribution in [0.5, 0.6) is 0 Å². The highest BCUT2D eigenvalue weighted by atomic mass is 35.5. The molecule has 2 saturated heterocycles.